The van der Waals surface area contributed by atoms with Crippen molar-refractivity contribution in [2.24, 2.45) is 0 Å². The van der Waals surface area contributed by atoms with Crippen molar-refractivity contribution in [1.29, 1.82) is 0 Å². The van der Waals surface area contributed by atoms with Gasteiger partial charge in [0.15, 0.2) is 9.84 Å². The summed E-state index contributed by atoms with van der Waals surface area (Å²) >= 11 is 0. The maximum absolute atomic E-state index is 11.7. The van der Waals surface area contributed by atoms with E-state index in [2.05, 4.69) is 11.8 Å². The van der Waals surface area contributed by atoms with Gasteiger partial charge in [-0.05, 0) is 50.4 Å². The highest BCUT2D eigenvalue weighted by molar-refractivity contribution is 7.91. The molecule has 118 valence electrons. The van der Waals surface area contributed by atoms with Crippen LogP contribution in [-0.4, -0.2) is 42.5 Å². The van der Waals surface area contributed by atoms with Gasteiger partial charge in [-0.1, -0.05) is 13.0 Å². The van der Waals surface area contributed by atoms with Gasteiger partial charge in [-0.25, -0.2) is 8.42 Å². The van der Waals surface area contributed by atoms with Crippen LogP contribution in [0.4, 0.5) is 0 Å². The molecule has 0 saturated carbocycles. The number of nitrogens with zero attached hydrogens (tertiary/aromatic N) is 1. The molecular weight excluding hydrogens is 286 g/mol. The van der Waals surface area contributed by atoms with Crippen molar-refractivity contribution in [3.05, 3.63) is 28.8 Å². The molecule has 1 fully saturated rings. The van der Waals surface area contributed by atoms with Crippen LogP contribution in [0.3, 0.4) is 0 Å². The Morgan fingerprint density at radius 3 is 2.52 bits per heavy atom. The molecule has 4 nitrogen and oxygen atoms in total. The van der Waals surface area contributed by atoms with E-state index >= 15 is 0 Å². The van der Waals surface area contributed by atoms with E-state index in [1.165, 1.54) is 0 Å². The van der Waals surface area contributed by atoms with Gasteiger partial charge in [0.1, 0.15) is 5.75 Å². The van der Waals surface area contributed by atoms with Gasteiger partial charge < -0.3 is 5.11 Å². The monoisotopic (exact) mass is 311 g/mol. The molecule has 0 spiro atoms. The SMILES string of the molecule is CCCN(Cc1cc(C)c(C)cc1O)C1CCS(=O)(=O)C1. The molecule has 0 radical (unpaired) electrons. The lowest BCUT2D eigenvalue weighted by Crippen LogP contribution is -2.36. The van der Waals surface area contributed by atoms with Crippen LogP contribution < -0.4 is 0 Å². The van der Waals surface area contributed by atoms with Gasteiger partial charge >= 0.3 is 0 Å². The molecule has 0 bridgehead atoms. The van der Waals surface area contributed by atoms with Crippen LogP contribution in [0.5, 0.6) is 5.75 Å². The van der Waals surface area contributed by atoms with Gasteiger partial charge in [-0.3, -0.25) is 4.90 Å². The van der Waals surface area contributed by atoms with Crippen molar-refractivity contribution in [3.63, 3.8) is 0 Å². The number of aryl methyl sites for hydroxylation is 2. The first-order valence-corrected chi connectivity index (χ1v) is 9.38. The third-order valence-corrected chi connectivity index (χ3v) is 6.05. The molecular formula is C16H25NO3S. The largest absolute Gasteiger partial charge is 0.508 e. The first kappa shape index (κ1) is 16.3. The number of benzene rings is 1. The minimum absolute atomic E-state index is 0.0796. The summed E-state index contributed by atoms with van der Waals surface area (Å²) in [5.41, 5.74) is 3.11. The van der Waals surface area contributed by atoms with E-state index in [0.717, 1.165) is 29.7 Å². The molecule has 1 aromatic carbocycles. The van der Waals surface area contributed by atoms with E-state index in [1.807, 2.05) is 19.9 Å². The Morgan fingerprint density at radius 2 is 1.95 bits per heavy atom. The number of sulfone groups is 1. The minimum Gasteiger partial charge on any atom is -0.508 e. The summed E-state index contributed by atoms with van der Waals surface area (Å²) in [7, 11) is -2.88. The van der Waals surface area contributed by atoms with Crippen molar-refractivity contribution in [3.8, 4) is 5.75 Å². The fourth-order valence-electron chi connectivity index (χ4n) is 2.95. The molecule has 1 aromatic rings. The second kappa shape index (κ2) is 6.36. The Labute approximate surface area is 127 Å². The number of phenolic OH excluding ortho intramolecular Hbond substituents is 1. The number of phenols is 1. The lowest BCUT2D eigenvalue weighted by Gasteiger charge is -2.28. The number of hydrogen-bond donors (Lipinski definition) is 1. The predicted molar refractivity (Wildman–Crippen MR) is 85.3 cm³/mol. The molecule has 2 rings (SSSR count). The van der Waals surface area contributed by atoms with Crippen LogP contribution in [0, 0.1) is 13.8 Å². The highest BCUT2D eigenvalue weighted by Gasteiger charge is 2.32. The number of rotatable bonds is 5. The zero-order chi connectivity index (χ0) is 15.6. The van der Waals surface area contributed by atoms with E-state index in [-0.39, 0.29) is 17.5 Å². The van der Waals surface area contributed by atoms with Crippen molar-refractivity contribution in [2.75, 3.05) is 18.1 Å². The highest BCUT2D eigenvalue weighted by atomic mass is 32.2. The minimum atomic E-state index is -2.88. The molecule has 0 aliphatic carbocycles. The van der Waals surface area contributed by atoms with Crippen LogP contribution in [-0.2, 0) is 16.4 Å². The average Bonchev–Trinajstić information content (AvgIpc) is 2.75. The van der Waals surface area contributed by atoms with Gasteiger partial charge in [-0.2, -0.15) is 0 Å². The van der Waals surface area contributed by atoms with E-state index in [1.54, 1.807) is 6.07 Å². The van der Waals surface area contributed by atoms with Crippen molar-refractivity contribution in [1.82, 2.24) is 4.90 Å². The predicted octanol–water partition coefficient (Wildman–Crippen LogP) is 2.41. The Morgan fingerprint density at radius 1 is 1.29 bits per heavy atom. The number of hydrogen-bond acceptors (Lipinski definition) is 4. The second-order valence-corrected chi connectivity index (χ2v) is 8.32. The molecule has 5 heteroatoms. The Balaban J connectivity index is 2.19. The molecule has 0 amide bonds. The fourth-order valence-corrected chi connectivity index (χ4v) is 4.71. The molecule has 1 aliphatic rings. The van der Waals surface area contributed by atoms with Crippen molar-refractivity contribution < 1.29 is 13.5 Å². The van der Waals surface area contributed by atoms with Gasteiger partial charge in [0, 0.05) is 18.2 Å². The van der Waals surface area contributed by atoms with Crippen LogP contribution in [0.15, 0.2) is 12.1 Å². The van der Waals surface area contributed by atoms with Crippen LogP contribution in [0.2, 0.25) is 0 Å². The lowest BCUT2D eigenvalue weighted by molar-refractivity contribution is 0.201. The quantitative estimate of drug-likeness (QED) is 0.907. The summed E-state index contributed by atoms with van der Waals surface area (Å²) in [6.45, 7) is 7.57. The van der Waals surface area contributed by atoms with E-state index in [9.17, 15) is 13.5 Å². The second-order valence-electron chi connectivity index (χ2n) is 6.09. The third-order valence-electron chi connectivity index (χ3n) is 4.30. The van der Waals surface area contributed by atoms with Crippen LogP contribution >= 0.6 is 0 Å². The molecule has 1 unspecified atom stereocenters. The molecule has 21 heavy (non-hydrogen) atoms. The fraction of sp³-hybridized carbons (Fsp3) is 0.625. The summed E-state index contributed by atoms with van der Waals surface area (Å²) < 4.78 is 23.4. The maximum atomic E-state index is 11.7. The smallest absolute Gasteiger partial charge is 0.151 e. The normalized spacial score (nSPS) is 21.0. The van der Waals surface area contributed by atoms with E-state index in [4.69, 9.17) is 0 Å². The Hall–Kier alpha value is -1.07. The first-order valence-electron chi connectivity index (χ1n) is 7.56. The molecule has 1 heterocycles. The zero-order valence-electron chi connectivity index (χ0n) is 13.1. The average molecular weight is 311 g/mol. The standard InChI is InChI=1S/C16H25NO3S/c1-4-6-17(15-5-7-21(19,20)11-15)10-14-8-12(2)13(3)9-16(14)18/h8-9,15,18H,4-7,10-11H2,1-3H3. The molecule has 1 aliphatic heterocycles. The Kier molecular flexibility index (Phi) is 4.94. The van der Waals surface area contributed by atoms with Gasteiger partial charge in [0.05, 0.1) is 11.5 Å². The Bertz CT molecular complexity index is 610. The third kappa shape index (κ3) is 3.98. The summed E-state index contributed by atoms with van der Waals surface area (Å²) in [5, 5.41) is 10.1. The van der Waals surface area contributed by atoms with Crippen molar-refractivity contribution >= 4 is 9.84 Å². The van der Waals surface area contributed by atoms with Crippen LogP contribution in [0.1, 0.15) is 36.5 Å². The number of aromatic hydroxyl groups is 1. The molecule has 1 N–H and O–H groups in total. The molecule has 1 atom stereocenters. The molecule has 1 saturated heterocycles. The zero-order valence-corrected chi connectivity index (χ0v) is 13.9. The first-order chi connectivity index (χ1) is 9.82. The maximum Gasteiger partial charge on any atom is 0.151 e. The van der Waals surface area contributed by atoms with Gasteiger partial charge in [-0.15, -0.1) is 0 Å². The van der Waals surface area contributed by atoms with E-state index < -0.39 is 9.84 Å². The van der Waals surface area contributed by atoms with Gasteiger partial charge in [0.2, 0.25) is 0 Å². The van der Waals surface area contributed by atoms with Crippen LogP contribution in [0.25, 0.3) is 0 Å². The summed E-state index contributed by atoms with van der Waals surface area (Å²) in [6.07, 6.45) is 1.68. The lowest BCUT2D eigenvalue weighted by atomic mass is 10.0. The van der Waals surface area contributed by atoms with Crippen molar-refractivity contribution in [2.45, 2.75) is 46.2 Å². The highest BCUT2D eigenvalue weighted by Crippen LogP contribution is 2.26. The summed E-state index contributed by atoms with van der Waals surface area (Å²) in [5.74, 6) is 0.843. The molecule has 0 aromatic heterocycles. The summed E-state index contributed by atoms with van der Waals surface area (Å²) in [4.78, 5) is 2.20. The van der Waals surface area contributed by atoms with E-state index in [0.29, 0.717) is 18.7 Å². The summed E-state index contributed by atoms with van der Waals surface area (Å²) in [6, 6.07) is 3.88. The topological polar surface area (TPSA) is 57.6 Å². The van der Waals surface area contributed by atoms with Gasteiger partial charge in [0.25, 0.3) is 0 Å².